The summed E-state index contributed by atoms with van der Waals surface area (Å²) in [4.78, 5) is 6.70. The van der Waals surface area contributed by atoms with Crippen molar-refractivity contribution in [2.45, 2.75) is 19.8 Å². The van der Waals surface area contributed by atoms with Crippen LogP contribution in [0.15, 0.2) is 30.5 Å². The number of unbranched alkanes of at least 4 members (excludes halogenated alkanes) is 1. The van der Waals surface area contributed by atoms with Crippen LogP contribution in [-0.2, 0) is 0 Å². The molecule has 1 aromatic heterocycles. The third kappa shape index (κ3) is 2.33. The van der Waals surface area contributed by atoms with Crippen molar-refractivity contribution < 1.29 is 0 Å². The molecule has 90 valence electrons. The SMILES string of the molecule is CCCCN(C)c1ccc(N)c2cccnc12. The first-order valence-corrected chi connectivity index (χ1v) is 6.08. The van der Waals surface area contributed by atoms with Crippen molar-refractivity contribution in [1.29, 1.82) is 0 Å². The van der Waals surface area contributed by atoms with Gasteiger partial charge in [0.1, 0.15) is 0 Å². The van der Waals surface area contributed by atoms with Gasteiger partial charge in [0, 0.05) is 30.9 Å². The summed E-state index contributed by atoms with van der Waals surface area (Å²) < 4.78 is 0. The van der Waals surface area contributed by atoms with Crippen molar-refractivity contribution in [2.75, 3.05) is 24.2 Å². The molecule has 0 saturated carbocycles. The summed E-state index contributed by atoms with van der Waals surface area (Å²) in [7, 11) is 2.11. The zero-order valence-electron chi connectivity index (χ0n) is 10.5. The second kappa shape index (κ2) is 5.04. The van der Waals surface area contributed by atoms with Crippen LogP contribution in [0.5, 0.6) is 0 Å². The Balaban J connectivity index is 2.44. The number of hydrogen-bond acceptors (Lipinski definition) is 3. The minimum absolute atomic E-state index is 0.792. The Morgan fingerprint density at radius 1 is 1.29 bits per heavy atom. The van der Waals surface area contributed by atoms with Crippen molar-refractivity contribution in [2.24, 2.45) is 0 Å². The van der Waals surface area contributed by atoms with E-state index >= 15 is 0 Å². The van der Waals surface area contributed by atoms with Gasteiger partial charge in [-0.15, -0.1) is 0 Å². The number of nitrogen functional groups attached to an aromatic ring is 1. The van der Waals surface area contributed by atoms with E-state index in [1.807, 2.05) is 24.4 Å². The molecule has 0 radical (unpaired) electrons. The lowest BCUT2D eigenvalue weighted by molar-refractivity contribution is 0.768. The number of nitrogens with zero attached hydrogens (tertiary/aromatic N) is 2. The molecule has 2 N–H and O–H groups in total. The predicted molar refractivity (Wildman–Crippen MR) is 74.3 cm³/mol. The minimum atomic E-state index is 0.792. The molecule has 0 spiro atoms. The van der Waals surface area contributed by atoms with Gasteiger partial charge in [-0.3, -0.25) is 4.98 Å². The van der Waals surface area contributed by atoms with E-state index in [-0.39, 0.29) is 0 Å². The predicted octanol–water partition coefficient (Wildman–Crippen LogP) is 3.05. The van der Waals surface area contributed by atoms with Gasteiger partial charge in [0.2, 0.25) is 0 Å². The molecule has 2 rings (SSSR count). The molecular formula is C14H19N3. The lowest BCUT2D eigenvalue weighted by Crippen LogP contribution is -2.18. The molecule has 0 fully saturated rings. The normalized spacial score (nSPS) is 10.7. The molecule has 0 amide bonds. The smallest absolute Gasteiger partial charge is 0.0955 e. The van der Waals surface area contributed by atoms with E-state index in [9.17, 15) is 0 Å². The molecule has 0 aliphatic rings. The number of fused-ring (bicyclic) bond motifs is 1. The fourth-order valence-corrected chi connectivity index (χ4v) is 2.00. The summed E-state index contributed by atoms with van der Waals surface area (Å²) in [6, 6.07) is 7.96. The Kier molecular flexibility index (Phi) is 3.47. The highest BCUT2D eigenvalue weighted by molar-refractivity contribution is 5.98. The first-order chi connectivity index (χ1) is 8.24. The van der Waals surface area contributed by atoms with E-state index < -0.39 is 0 Å². The van der Waals surface area contributed by atoms with Gasteiger partial charge < -0.3 is 10.6 Å². The monoisotopic (exact) mass is 229 g/mol. The van der Waals surface area contributed by atoms with Crippen LogP contribution in [0.3, 0.4) is 0 Å². The summed E-state index contributed by atoms with van der Waals surface area (Å²) in [5.74, 6) is 0. The fourth-order valence-electron chi connectivity index (χ4n) is 2.00. The summed E-state index contributed by atoms with van der Waals surface area (Å²) in [5.41, 5.74) is 8.91. The number of pyridine rings is 1. The Bertz CT molecular complexity index is 508. The Morgan fingerprint density at radius 2 is 2.12 bits per heavy atom. The largest absolute Gasteiger partial charge is 0.398 e. The van der Waals surface area contributed by atoms with Crippen LogP contribution in [0.2, 0.25) is 0 Å². The molecule has 0 aliphatic carbocycles. The molecule has 0 bridgehead atoms. The number of benzene rings is 1. The van der Waals surface area contributed by atoms with E-state index in [0.717, 1.165) is 28.8 Å². The van der Waals surface area contributed by atoms with Crippen molar-refractivity contribution >= 4 is 22.3 Å². The standard InChI is InChI=1S/C14H19N3/c1-3-4-10-17(2)13-8-7-12(15)11-6-5-9-16-14(11)13/h5-9H,3-4,10,15H2,1-2H3. The fraction of sp³-hybridized carbons (Fsp3) is 0.357. The number of anilines is 2. The third-order valence-electron chi connectivity index (χ3n) is 3.04. The van der Waals surface area contributed by atoms with Crippen molar-refractivity contribution in [1.82, 2.24) is 4.98 Å². The van der Waals surface area contributed by atoms with Crippen molar-refractivity contribution in [3.05, 3.63) is 30.5 Å². The van der Waals surface area contributed by atoms with Crippen molar-refractivity contribution in [3.63, 3.8) is 0 Å². The van der Waals surface area contributed by atoms with Gasteiger partial charge in [0.15, 0.2) is 0 Å². The van der Waals surface area contributed by atoms with Gasteiger partial charge in [0.05, 0.1) is 11.2 Å². The highest BCUT2D eigenvalue weighted by atomic mass is 15.1. The minimum Gasteiger partial charge on any atom is -0.398 e. The summed E-state index contributed by atoms with van der Waals surface area (Å²) in [6.45, 7) is 3.25. The number of nitrogens with two attached hydrogens (primary N) is 1. The van der Waals surface area contributed by atoms with Crippen LogP contribution in [0.25, 0.3) is 10.9 Å². The van der Waals surface area contributed by atoms with Crippen molar-refractivity contribution in [3.8, 4) is 0 Å². The van der Waals surface area contributed by atoms with Crippen LogP contribution in [0.4, 0.5) is 11.4 Å². The first kappa shape index (κ1) is 11.7. The third-order valence-corrected chi connectivity index (χ3v) is 3.04. The van der Waals surface area contributed by atoms with Gasteiger partial charge >= 0.3 is 0 Å². The van der Waals surface area contributed by atoms with E-state index in [2.05, 4.69) is 29.9 Å². The van der Waals surface area contributed by atoms with E-state index in [4.69, 9.17) is 5.73 Å². The molecule has 0 unspecified atom stereocenters. The summed E-state index contributed by atoms with van der Waals surface area (Å²) in [6.07, 6.45) is 4.21. The maximum Gasteiger partial charge on any atom is 0.0955 e. The van der Waals surface area contributed by atoms with Crippen LogP contribution < -0.4 is 10.6 Å². The Labute approximate surface area is 102 Å². The second-order valence-corrected chi connectivity index (χ2v) is 4.35. The quantitative estimate of drug-likeness (QED) is 0.819. The number of rotatable bonds is 4. The van der Waals surface area contributed by atoms with E-state index in [1.165, 1.54) is 12.8 Å². The number of aromatic nitrogens is 1. The second-order valence-electron chi connectivity index (χ2n) is 4.35. The lowest BCUT2D eigenvalue weighted by Gasteiger charge is -2.20. The van der Waals surface area contributed by atoms with Gasteiger partial charge in [0.25, 0.3) is 0 Å². The molecule has 17 heavy (non-hydrogen) atoms. The summed E-state index contributed by atoms with van der Waals surface area (Å²) in [5, 5.41) is 1.04. The lowest BCUT2D eigenvalue weighted by atomic mass is 10.1. The summed E-state index contributed by atoms with van der Waals surface area (Å²) >= 11 is 0. The average Bonchev–Trinajstić information content (AvgIpc) is 2.37. The first-order valence-electron chi connectivity index (χ1n) is 6.08. The highest BCUT2D eigenvalue weighted by Gasteiger charge is 2.08. The average molecular weight is 229 g/mol. The van der Waals surface area contributed by atoms with Gasteiger partial charge in [-0.1, -0.05) is 13.3 Å². The Hall–Kier alpha value is -1.77. The van der Waals surface area contributed by atoms with E-state index in [0.29, 0.717) is 0 Å². The molecule has 2 aromatic rings. The van der Waals surface area contributed by atoms with Gasteiger partial charge in [-0.25, -0.2) is 0 Å². The zero-order chi connectivity index (χ0) is 12.3. The molecule has 1 aromatic carbocycles. The van der Waals surface area contributed by atoms with Gasteiger partial charge in [-0.05, 0) is 30.7 Å². The molecule has 1 heterocycles. The zero-order valence-corrected chi connectivity index (χ0v) is 10.5. The maximum atomic E-state index is 5.97. The van der Waals surface area contributed by atoms with E-state index in [1.54, 1.807) is 0 Å². The highest BCUT2D eigenvalue weighted by Crippen LogP contribution is 2.28. The topological polar surface area (TPSA) is 42.1 Å². The van der Waals surface area contributed by atoms with Crippen LogP contribution in [0.1, 0.15) is 19.8 Å². The molecule has 0 atom stereocenters. The van der Waals surface area contributed by atoms with Crippen LogP contribution in [-0.4, -0.2) is 18.6 Å². The molecule has 0 aliphatic heterocycles. The molecule has 0 saturated heterocycles. The maximum absolute atomic E-state index is 5.97. The molecule has 3 heteroatoms. The van der Waals surface area contributed by atoms with Gasteiger partial charge in [-0.2, -0.15) is 0 Å². The van der Waals surface area contributed by atoms with Crippen LogP contribution in [0, 0.1) is 0 Å². The van der Waals surface area contributed by atoms with Crippen LogP contribution >= 0.6 is 0 Å². The molecular weight excluding hydrogens is 210 g/mol. The number of hydrogen-bond donors (Lipinski definition) is 1. The molecule has 3 nitrogen and oxygen atoms in total. The Morgan fingerprint density at radius 3 is 2.88 bits per heavy atom.